The average molecular weight is 374 g/mol. The third-order valence-corrected chi connectivity index (χ3v) is 3.61. The molecule has 0 aliphatic carbocycles. The number of halogens is 2. The third-order valence-electron chi connectivity index (χ3n) is 2.54. The lowest BCUT2D eigenvalue weighted by molar-refractivity contribution is 0.493. The molecule has 1 unspecified atom stereocenters. The average Bonchev–Trinajstić information content (AvgIpc) is 2.34. The molecule has 2 nitrogen and oxygen atoms in total. The fourth-order valence-corrected chi connectivity index (χ4v) is 2.94. The molecule has 1 N–H and O–H groups in total. The van der Waals surface area contributed by atoms with Crippen molar-refractivity contribution >= 4 is 31.9 Å². The summed E-state index contributed by atoms with van der Waals surface area (Å²) in [5.41, 5.74) is 1.06. The molecule has 0 aliphatic rings. The van der Waals surface area contributed by atoms with Crippen molar-refractivity contribution in [1.82, 2.24) is 10.3 Å². The smallest absolute Gasteiger partial charge is 0.0716 e. The highest BCUT2D eigenvalue weighted by Gasteiger charge is 2.15. The zero-order valence-electron chi connectivity index (χ0n) is 10.8. The van der Waals surface area contributed by atoms with Gasteiger partial charge in [0.05, 0.1) is 11.7 Å². The number of nitrogens with one attached hydrogen (secondary N) is 1. The van der Waals surface area contributed by atoms with Crippen LogP contribution in [0, 0.1) is 11.8 Å². The van der Waals surface area contributed by atoms with Crippen LogP contribution < -0.4 is 5.32 Å². The maximum absolute atomic E-state index is 4.51. The number of aromatic nitrogens is 1. The van der Waals surface area contributed by atoms with E-state index in [1.165, 1.54) is 0 Å². The van der Waals surface area contributed by atoms with Gasteiger partial charge in [0.1, 0.15) is 0 Å². The van der Waals surface area contributed by atoms with E-state index in [0.717, 1.165) is 40.4 Å². The van der Waals surface area contributed by atoms with Crippen LogP contribution in [0.5, 0.6) is 0 Å². The largest absolute Gasteiger partial charge is 0.309 e. The van der Waals surface area contributed by atoms with Gasteiger partial charge in [0, 0.05) is 21.6 Å². The van der Waals surface area contributed by atoms with Crippen molar-refractivity contribution in [2.75, 3.05) is 6.54 Å². The first-order chi connectivity index (χ1) is 8.69. The van der Waals surface area contributed by atoms with E-state index in [9.17, 15) is 0 Å². The highest BCUT2D eigenvalue weighted by atomic mass is 79.9. The molecule has 1 atom stereocenters. The van der Waals surface area contributed by atoms with Gasteiger partial charge in [0.15, 0.2) is 0 Å². The highest BCUT2D eigenvalue weighted by molar-refractivity contribution is 9.11. The standard InChI is InChI=1S/C14H18Br2N2/c1-3-5-6-7-13(17-8-4-2)14-12(16)9-11(15)10-18-14/h9-10,13,17H,4,6-8H2,1-2H3. The van der Waals surface area contributed by atoms with Crippen molar-refractivity contribution < 1.29 is 0 Å². The lowest BCUT2D eigenvalue weighted by Gasteiger charge is -2.18. The van der Waals surface area contributed by atoms with Crippen LogP contribution in [-0.4, -0.2) is 11.5 Å². The van der Waals surface area contributed by atoms with Crippen LogP contribution in [0.2, 0.25) is 0 Å². The Morgan fingerprint density at radius 2 is 2.22 bits per heavy atom. The minimum atomic E-state index is 0.258. The van der Waals surface area contributed by atoms with Gasteiger partial charge in [0.2, 0.25) is 0 Å². The summed E-state index contributed by atoms with van der Waals surface area (Å²) in [4.78, 5) is 4.51. The second kappa shape index (κ2) is 8.68. The molecule has 1 heterocycles. The molecular weight excluding hydrogens is 356 g/mol. The maximum atomic E-state index is 4.51. The lowest BCUT2D eigenvalue weighted by atomic mass is 10.1. The van der Waals surface area contributed by atoms with Crippen molar-refractivity contribution in [2.24, 2.45) is 0 Å². The summed E-state index contributed by atoms with van der Waals surface area (Å²) in [6.45, 7) is 5.04. The first-order valence-electron chi connectivity index (χ1n) is 6.13. The molecule has 0 bridgehead atoms. The number of pyridine rings is 1. The summed E-state index contributed by atoms with van der Waals surface area (Å²) < 4.78 is 2.02. The van der Waals surface area contributed by atoms with Crippen LogP contribution in [0.1, 0.15) is 44.8 Å². The zero-order chi connectivity index (χ0) is 13.4. The van der Waals surface area contributed by atoms with E-state index in [1.807, 2.05) is 19.2 Å². The van der Waals surface area contributed by atoms with E-state index < -0.39 is 0 Å². The van der Waals surface area contributed by atoms with Crippen LogP contribution in [-0.2, 0) is 0 Å². The van der Waals surface area contributed by atoms with E-state index in [-0.39, 0.29) is 6.04 Å². The summed E-state index contributed by atoms with van der Waals surface area (Å²) >= 11 is 7.01. The number of rotatable bonds is 6. The Morgan fingerprint density at radius 3 is 2.83 bits per heavy atom. The molecule has 0 radical (unpaired) electrons. The normalized spacial score (nSPS) is 11.8. The lowest BCUT2D eigenvalue weighted by Crippen LogP contribution is -2.23. The Hall–Kier alpha value is -0.370. The molecule has 0 saturated heterocycles. The van der Waals surface area contributed by atoms with E-state index >= 15 is 0 Å². The summed E-state index contributed by atoms with van der Waals surface area (Å²) in [5.74, 6) is 6.05. The first kappa shape index (κ1) is 15.7. The fourth-order valence-electron chi connectivity index (χ4n) is 1.68. The topological polar surface area (TPSA) is 24.9 Å². The van der Waals surface area contributed by atoms with Crippen LogP contribution in [0.4, 0.5) is 0 Å². The van der Waals surface area contributed by atoms with Crippen LogP contribution in [0.25, 0.3) is 0 Å². The fraction of sp³-hybridized carbons (Fsp3) is 0.500. The summed E-state index contributed by atoms with van der Waals surface area (Å²) in [6, 6.07) is 2.29. The third kappa shape index (κ3) is 5.09. The van der Waals surface area contributed by atoms with Gasteiger partial charge >= 0.3 is 0 Å². The van der Waals surface area contributed by atoms with Gasteiger partial charge < -0.3 is 5.32 Å². The SMILES string of the molecule is CC#CCCC(NCCC)c1ncc(Br)cc1Br. The highest BCUT2D eigenvalue weighted by Crippen LogP contribution is 2.27. The van der Waals surface area contributed by atoms with Crippen molar-refractivity contribution in [1.29, 1.82) is 0 Å². The minimum absolute atomic E-state index is 0.258. The zero-order valence-corrected chi connectivity index (χ0v) is 13.9. The predicted octanol–water partition coefficient (Wildman–Crippen LogP) is 4.45. The van der Waals surface area contributed by atoms with Gasteiger partial charge in [-0.3, -0.25) is 4.98 Å². The van der Waals surface area contributed by atoms with Gasteiger partial charge in [-0.1, -0.05) is 6.92 Å². The molecule has 0 aliphatic heterocycles. The van der Waals surface area contributed by atoms with Crippen LogP contribution in [0.15, 0.2) is 21.2 Å². The molecule has 0 fully saturated rings. The molecule has 4 heteroatoms. The number of hydrogen-bond donors (Lipinski definition) is 1. The van der Waals surface area contributed by atoms with Gasteiger partial charge in [0.25, 0.3) is 0 Å². The van der Waals surface area contributed by atoms with Crippen LogP contribution >= 0.6 is 31.9 Å². The molecule has 0 aromatic carbocycles. The quantitative estimate of drug-likeness (QED) is 0.745. The van der Waals surface area contributed by atoms with E-state index in [2.05, 4.69) is 60.9 Å². The Bertz CT molecular complexity index is 435. The Labute approximate surface area is 126 Å². The molecule has 1 rings (SSSR count). The second-order valence-corrected chi connectivity index (χ2v) is 5.76. The van der Waals surface area contributed by atoms with Crippen molar-refractivity contribution in [2.45, 2.75) is 39.2 Å². The van der Waals surface area contributed by atoms with E-state index in [0.29, 0.717) is 0 Å². The van der Waals surface area contributed by atoms with Crippen molar-refractivity contribution in [3.8, 4) is 11.8 Å². The summed E-state index contributed by atoms with van der Waals surface area (Å²) in [7, 11) is 0. The summed E-state index contributed by atoms with van der Waals surface area (Å²) in [6.07, 6.45) is 4.83. The van der Waals surface area contributed by atoms with Crippen LogP contribution in [0.3, 0.4) is 0 Å². The monoisotopic (exact) mass is 372 g/mol. The van der Waals surface area contributed by atoms with Crippen molar-refractivity contribution in [3.63, 3.8) is 0 Å². The first-order valence-corrected chi connectivity index (χ1v) is 7.71. The van der Waals surface area contributed by atoms with Gasteiger partial charge in [-0.2, -0.15) is 0 Å². The second-order valence-electron chi connectivity index (χ2n) is 3.99. The predicted molar refractivity (Wildman–Crippen MR) is 83.4 cm³/mol. The van der Waals surface area contributed by atoms with E-state index in [1.54, 1.807) is 0 Å². The number of hydrogen-bond acceptors (Lipinski definition) is 2. The van der Waals surface area contributed by atoms with Gasteiger partial charge in [-0.05, 0) is 64.2 Å². The molecule has 0 spiro atoms. The molecule has 1 aromatic rings. The Morgan fingerprint density at radius 1 is 1.44 bits per heavy atom. The maximum Gasteiger partial charge on any atom is 0.0716 e. The Balaban J connectivity index is 2.81. The summed E-state index contributed by atoms with van der Waals surface area (Å²) in [5, 5.41) is 3.53. The molecule has 98 valence electrons. The number of nitrogens with zero attached hydrogens (tertiary/aromatic N) is 1. The molecule has 1 aromatic heterocycles. The van der Waals surface area contributed by atoms with Crippen molar-refractivity contribution in [3.05, 3.63) is 26.9 Å². The van der Waals surface area contributed by atoms with E-state index in [4.69, 9.17) is 0 Å². The molecule has 0 saturated carbocycles. The Kier molecular flexibility index (Phi) is 7.57. The minimum Gasteiger partial charge on any atom is -0.309 e. The van der Waals surface area contributed by atoms with Gasteiger partial charge in [-0.15, -0.1) is 11.8 Å². The van der Waals surface area contributed by atoms with Gasteiger partial charge in [-0.25, -0.2) is 0 Å². The molecule has 18 heavy (non-hydrogen) atoms. The molecular formula is C14H18Br2N2. The molecule has 0 amide bonds.